The number of aryl methyl sites for hydroxylation is 1. The van der Waals surface area contributed by atoms with E-state index in [1.54, 1.807) is 0 Å². The van der Waals surface area contributed by atoms with E-state index in [0.29, 0.717) is 6.54 Å². The Balaban J connectivity index is 0.000000238. The van der Waals surface area contributed by atoms with Gasteiger partial charge in [0.05, 0.1) is 0 Å². The van der Waals surface area contributed by atoms with Crippen LogP contribution in [0.25, 0.3) is 22.2 Å². The van der Waals surface area contributed by atoms with Crippen LogP contribution in [0.2, 0.25) is 0 Å². The number of fused-ring (bicyclic) bond motifs is 1. The minimum absolute atomic E-state index is 0.114. The molecule has 0 aliphatic carbocycles. The topological polar surface area (TPSA) is 20.9 Å². The highest BCUT2D eigenvalue weighted by molar-refractivity contribution is 7.20. The number of Topliss-reactive ketones (excluding diaryl/α,β-unsaturated/α-hetero) is 1. The van der Waals surface area contributed by atoms with Gasteiger partial charge in [0, 0.05) is 28.6 Å². The Bertz CT molecular complexity index is 3170. The van der Waals surface area contributed by atoms with Crippen molar-refractivity contribution in [2.75, 3.05) is 0 Å². The van der Waals surface area contributed by atoms with Crippen molar-refractivity contribution in [1.82, 2.24) is 0 Å². The Kier molecular flexibility index (Phi) is 14.1. The van der Waals surface area contributed by atoms with Crippen molar-refractivity contribution in [2.24, 2.45) is 0 Å². The molecular weight excluding hydrogens is 1010 g/mol. The molecule has 0 radical (unpaired) electrons. The predicted molar refractivity (Wildman–Crippen MR) is 219 cm³/mol. The van der Waals surface area contributed by atoms with Crippen LogP contribution in [0.15, 0.2) is 84.9 Å². The van der Waals surface area contributed by atoms with Crippen molar-refractivity contribution in [2.45, 2.75) is 20.4 Å². The summed E-state index contributed by atoms with van der Waals surface area (Å²) < 4.78 is 296. The van der Waals surface area contributed by atoms with Gasteiger partial charge in [0.1, 0.15) is 52.7 Å². The van der Waals surface area contributed by atoms with E-state index in [4.69, 9.17) is 0 Å². The summed E-state index contributed by atoms with van der Waals surface area (Å²) in [6.07, 6.45) is -7.22. The molecule has 8 rings (SSSR count). The van der Waals surface area contributed by atoms with Crippen molar-refractivity contribution in [3.8, 4) is 11.3 Å². The quantitative estimate of drug-likeness (QED) is 0.0371. The van der Waals surface area contributed by atoms with E-state index in [9.17, 15) is 57.5 Å². The molecule has 0 unspecified atom stereocenters. The number of hydrogen-bond acceptors (Lipinski definition) is 1. The lowest BCUT2D eigenvalue weighted by atomic mass is 9.12. The lowest BCUT2D eigenvalue weighted by molar-refractivity contribution is -0.646. The number of nitrogens with zero attached hydrogens (tertiary/aromatic N) is 1. The summed E-state index contributed by atoms with van der Waals surface area (Å²) in [5.74, 6) is -71.3. The Morgan fingerprint density at radius 1 is 0.375 bits per heavy atom. The first-order valence-electron chi connectivity index (χ1n) is 20.1. The van der Waals surface area contributed by atoms with Crippen LogP contribution in [0.3, 0.4) is 0 Å². The molecule has 0 amide bonds. The second-order valence-electron chi connectivity index (χ2n) is 15.7. The van der Waals surface area contributed by atoms with Crippen LogP contribution in [-0.2, 0) is 6.54 Å². The molecule has 8 aromatic rings. The summed E-state index contributed by atoms with van der Waals surface area (Å²) in [5.41, 5.74) is -7.79. The van der Waals surface area contributed by atoms with E-state index in [1.807, 2.05) is 42.5 Å². The SMILES string of the molecule is Cc1cccc(-c2ccc3ccccc3[n+]2CC(=O)c2ccccc2)c1C.Fc1c(F)c(F)c([B-](c2c(F)c(F)c(F)c(F)c2F)(c2c(F)c(F)c(F)c(F)c2F)c2c(F)c(F)c(F)c(F)c2F)c(F)c1F. The fourth-order valence-corrected chi connectivity index (χ4v) is 8.43. The van der Waals surface area contributed by atoms with E-state index >= 15 is 35.1 Å². The third kappa shape index (κ3) is 8.07. The summed E-state index contributed by atoms with van der Waals surface area (Å²) in [6.45, 7) is 4.58. The fourth-order valence-electron chi connectivity index (χ4n) is 8.43. The van der Waals surface area contributed by atoms with E-state index in [1.165, 1.54) is 16.7 Å². The molecule has 0 atom stereocenters. The predicted octanol–water partition coefficient (Wildman–Crippen LogP) is 11.1. The van der Waals surface area contributed by atoms with Crippen molar-refractivity contribution in [3.63, 3.8) is 0 Å². The molecule has 0 bridgehead atoms. The Morgan fingerprint density at radius 3 is 1.08 bits per heavy atom. The lowest BCUT2D eigenvalue weighted by Crippen LogP contribution is -2.81. The number of ketones is 1. The summed E-state index contributed by atoms with van der Waals surface area (Å²) in [4.78, 5) is 13.0. The molecule has 1 heterocycles. The Hall–Kier alpha value is -7.72. The first kappa shape index (κ1) is 52.1. The maximum absolute atomic E-state index is 15.4. The first-order valence-corrected chi connectivity index (χ1v) is 20.1. The molecule has 23 heteroatoms. The first-order chi connectivity index (χ1) is 33.8. The van der Waals surface area contributed by atoms with E-state index in [-0.39, 0.29) is 5.78 Å². The third-order valence-corrected chi connectivity index (χ3v) is 11.9. The van der Waals surface area contributed by atoms with Gasteiger partial charge in [-0.15, -0.1) is 21.9 Å². The number of para-hydroxylation sites is 1. The van der Waals surface area contributed by atoms with E-state index < -0.39 is 144 Å². The summed E-state index contributed by atoms with van der Waals surface area (Å²) in [6, 6.07) is 28.3. The average molecular weight is 1030 g/mol. The minimum atomic E-state index is -7.22. The van der Waals surface area contributed by atoms with Crippen LogP contribution >= 0.6 is 0 Å². The molecule has 72 heavy (non-hydrogen) atoms. The van der Waals surface area contributed by atoms with Crippen LogP contribution in [0.4, 0.5) is 87.8 Å². The Morgan fingerprint density at radius 2 is 0.708 bits per heavy atom. The van der Waals surface area contributed by atoms with Gasteiger partial charge in [-0.3, -0.25) is 4.79 Å². The molecule has 0 N–H and O–H groups in total. The van der Waals surface area contributed by atoms with Crippen molar-refractivity contribution >= 4 is 44.7 Å². The van der Waals surface area contributed by atoms with E-state index in [2.05, 4.69) is 60.9 Å². The Labute approximate surface area is 390 Å². The molecule has 0 aliphatic heterocycles. The zero-order valence-corrected chi connectivity index (χ0v) is 35.8. The number of carbonyl (C=O) groups is 1. The molecule has 0 saturated carbocycles. The minimum Gasteiger partial charge on any atom is -0.287 e. The molecule has 0 saturated heterocycles. The molecule has 0 aliphatic rings. The van der Waals surface area contributed by atoms with Gasteiger partial charge >= 0.3 is 0 Å². The summed E-state index contributed by atoms with van der Waals surface area (Å²) in [5, 5.41) is 1.13. The molecule has 1 aromatic heterocycles. The number of rotatable bonds is 8. The van der Waals surface area contributed by atoms with Gasteiger partial charge in [-0.2, -0.15) is 4.57 Å². The van der Waals surface area contributed by atoms with E-state index in [0.717, 1.165) is 22.2 Å². The summed E-state index contributed by atoms with van der Waals surface area (Å²) >= 11 is 0. The van der Waals surface area contributed by atoms with Gasteiger partial charge in [0.2, 0.25) is 23.5 Å². The zero-order chi connectivity index (χ0) is 53.2. The highest BCUT2D eigenvalue weighted by Crippen LogP contribution is 2.31. The van der Waals surface area contributed by atoms with Gasteiger partial charge in [0.15, 0.2) is 69.8 Å². The third-order valence-electron chi connectivity index (χ3n) is 11.9. The van der Waals surface area contributed by atoms with Crippen LogP contribution in [-0.4, -0.2) is 11.9 Å². The lowest BCUT2D eigenvalue weighted by Gasteiger charge is -2.44. The molecule has 0 fully saturated rings. The van der Waals surface area contributed by atoms with Gasteiger partial charge in [-0.1, -0.05) is 54.6 Å². The van der Waals surface area contributed by atoms with Crippen LogP contribution in [0, 0.1) is 130 Å². The average Bonchev–Trinajstić information content (AvgIpc) is 3.37. The van der Waals surface area contributed by atoms with Gasteiger partial charge < -0.3 is 0 Å². The molecular formula is C49H22BF20NO. The highest BCUT2D eigenvalue weighted by Gasteiger charge is 2.52. The number of carbonyl (C=O) groups excluding carboxylic acids is 1. The van der Waals surface area contributed by atoms with Crippen molar-refractivity contribution in [1.29, 1.82) is 0 Å². The fraction of sp³-hybridized carbons (Fsp3) is 0.0612. The standard InChI is InChI=1S/C25H22NO.C24BF20/c1-18-9-8-13-22(19(18)2)24-16-15-20-10-6-7-14-23(20)26(24)17-25(27)21-11-4-3-5-12-21;26-5-1(6(27)14(35)21(42)13(5)34)25(2-7(28)15(36)22(43)16(37)8(2)29,3-9(30)17(38)23(44)18(39)10(3)31)4-11(32)19(40)24(45)20(41)12(4)33/h3-16H,17H2,1-2H3;/q+1;-1. The second kappa shape index (κ2) is 19.5. The van der Waals surface area contributed by atoms with Crippen LogP contribution in [0.5, 0.6) is 0 Å². The number of aromatic nitrogens is 1. The summed E-state index contributed by atoms with van der Waals surface area (Å²) in [7, 11) is 0. The van der Waals surface area contributed by atoms with Crippen molar-refractivity contribution in [3.05, 3.63) is 218 Å². The van der Waals surface area contributed by atoms with Crippen LogP contribution < -0.4 is 26.4 Å². The normalized spacial score (nSPS) is 11.6. The highest BCUT2D eigenvalue weighted by atomic mass is 19.2. The zero-order valence-electron chi connectivity index (χ0n) is 35.8. The number of hydrogen-bond donors (Lipinski definition) is 0. The maximum atomic E-state index is 15.4. The monoisotopic (exact) mass is 1030 g/mol. The number of halogens is 20. The van der Waals surface area contributed by atoms with Crippen molar-refractivity contribution < 1.29 is 97.2 Å². The molecule has 372 valence electrons. The molecule has 2 nitrogen and oxygen atoms in total. The maximum Gasteiger partial charge on any atom is 0.227 e. The largest absolute Gasteiger partial charge is 0.287 e. The molecule has 0 spiro atoms. The van der Waals surface area contributed by atoms with Gasteiger partial charge in [-0.05, 0) is 43.2 Å². The smallest absolute Gasteiger partial charge is 0.227 e. The van der Waals surface area contributed by atoms with Crippen LogP contribution in [0.1, 0.15) is 21.5 Å². The molecule has 7 aromatic carbocycles. The number of benzene rings is 7. The number of pyridine rings is 1. The van der Waals surface area contributed by atoms with Gasteiger partial charge in [0.25, 0.3) is 0 Å². The second-order valence-corrected chi connectivity index (χ2v) is 15.7. The van der Waals surface area contributed by atoms with Gasteiger partial charge in [-0.25, -0.2) is 87.8 Å².